The highest BCUT2D eigenvalue weighted by Gasteiger charge is 2.19. The lowest BCUT2D eigenvalue weighted by Gasteiger charge is -2.19. The van der Waals surface area contributed by atoms with Gasteiger partial charge in [-0.15, -0.1) is 0 Å². The van der Waals surface area contributed by atoms with Crippen LogP contribution in [0.1, 0.15) is 5.56 Å². The van der Waals surface area contributed by atoms with E-state index in [0.717, 1.165) is 18.8 Å². The Hall–Kier alpha value is -2.11. The van der Waals surface area contributed by atoms with Crippen LogP contribution in [-0.4, -0.2) is 6.61 Å². The highest BCUT2D eigenvalue weighted by molar-refractivity contribution is 7.79. The Kier molecular flexibility index (Phi) is 3.66. The van der Waals surface area contributed by atoms with Crippen LogP contribution in [0.15, 0.2) is 78.9 Å². The van der Waals surface area contributed by atoms with Crippen LogP contribution in [0.2, 0.25) is 0 Å². The largest absolute Gasteiger partial charge is 0.493 e. The van der Waals surface area contributed by atoms with Crippen molar-refractivity contribution in [2.75, 3.05) is 6.61 Å². The van der Waals surface area contributed by atoms with Gasteiger partial charge in [0.25, 0.3) is 0 Å². The number of rotatable bonds is 3. The molecular weight excluding hydrogens is 287 g/mol. The first-order chi connectivity index (χ1) is 10.9. The summed E-state index contributed by atoms with van der Waals surface area (Å²) in [6, 6.07) is 28.3. The van der Waals surface area contributed by atoms with E-state index in [1.54, 1.807) is 0 Å². The average Bonchev–Trinajstić information content (AvgIpc) is 3.05. The zero-order valence-corrected chi connectivity index (χ0v) is 13.2. The van der Waals surface area contributed by atoms with Crippen LogP contribution < -0.4 is 20.7 Å². The van der Waals surface area contributed by atoms with Crippen LogP contribution >= 0.6 is 7.92 Å². The first-order valence-corrected chi connectivity index (χ1v) is 8.92. The summed E-state index contributed by atoms with van der Waals surface area (Å²) >= 11 is 0. The molecule has 1 aliphatic rings. The van der Waals surface area contributed by atoms with Crippen molar-refractivity contribution in [1.82, 2.24) is 0 Å². The van der Waals surface area contributed by atoms with Gasteiger partial charge in [0.15, 0.2) is 0 Å². The zero-order chi connectivity index (χ0) is 14.8. The minimum absolute atomic E-state index is 0.533. The summed E-state index contributed by atoms with van der Waals surface area (Å²) in [6.07, 6.45) is 1.03. The molecule has 22 heavy (non-hydrogen) atoms. The fourth-order valence-corrected chi connectivity index (χ4v) is 5.20. The van der Waals surface area contributed by atoms with Crippen LogP contribution in [0, 0.1) is 0 Å². The van der Waals surface area contributed by atoms with Gasteiger partial charge in [-0.2, -0.15) is 0 Å². The highest BCUT2D eigenvalue weighted by atomic mass is 31.1. The van der Waals surface area contributed by atoms with Crippen molar-refractivity contribution >= 4 is 23.8 Å². The third-order valence-corrected chi connectivity index (χ3v) is 6.39. The molecule has 0 N–H and O–H groups in total. The second-order valence-corrected chi connectivity index (χ2v) is 7.62. The molecule has 4 rings (SSSR count). The first kappa shape index (κ1) is 13.5. The molecule has 0 amide bonds. The molecule has 1 heterocycles. The molecule has 0 radical (unpaired) electrons. The fraction of sp³-hybridized carbons (Fsp3) is 0.100. The monoisotopic (exact) mass is 304 g/mol. The fourth-order valence-electron chi connectivity index (χ4n) is 2.90. The van der Waals surface area contributed by atoms with Gasteiger partial charge in [0.1, 0.15) is 5.75 Å². The lowest BCUT2D eigenvalue weighted by atomic mass is 10.2. The van der Waals surface area contributed by atoms with Crippen molar-refractivity contribution in [3.63, 3.8) is 0 Å². The summed E-state index contributed by atoms with van der Waals surface area (Å²) in [5, 5.41) is 4.11. The maximum Gasteiger partial charge on any atom is 0.123 e. The lowest BCUT2D eigenvalue weighted by molar-refractivity contribution is 0.357. The summed E-state index contributed by atoms with van der Waals surface area (Å²) in [7, 11) is -0.533. The van der Waals surface area contributed by atoms with Gasteiger partial charge >= 0.3 is 0 Å². The molecule has 3 aromatic rings. The molecule has 0 aliphatic carbocycles. The molecule has 2 heteroatoms. The molecule has 1 aliphatic heterocycles. The zero-order valence-electron chi connectivity index (χ0n) is 12.3. The van der Waals surface area contributed by atoms with Gasteiger partial charge in [0, 0.05) is 6.42 Å². The average molecular weight is 304 g/mol. The van der Waals surface area contributed by atoms with Gasteiger partial charge in [-0.1, -0.05) is 72.8 Å². The Morgan fingerprint density at radius 2 is 1.32 bits per heavy atom. The Labute approximate surface area is 132 Å². The van der Waals surface area contributed by atoms with Gasteiger partial charge < -0.3 is 4.74 Å². The highest BCUT2D eigenvalue weighted by Crippen LogP contribution is 2.35. The third-order valence-electron chi connectivity index (χ3n) is 3.97. The SMILES string of the molecule is c1ccc(P(c2ccccc2)c2ccc3c(c2)OCC3)cc1. The van der Waals surface area contributed by atoms with Crippen molar-refractivity contribution in [3.05, 3.63) is 84.4 Å². The van der Waals surface area contributed by atoms with E-state index in [1.165, 1.54) is 21.5 Å². The second kappa shape index (κ2) is 5.94. The molecule has 0 saturated carbocycles. The topological polar surface area (TPSA) is 9.23 Å². The summed E-state index contributed by atoms with van der Waals surface area (Å²) in [6.45, 7) is 0.813. The second-order valence-electron chi connectivity index (χ2n) is 5.40. The van der Waals surface area contributed by atoms with Crippen LogP contribution in [0.3, 0.4) is 0 Å². The van der Waals surface area contributed by atoms with Crippen LogP contribution in [0.5, 0.6) is 5.75 Å². The number of hydrogen-bond donors (Lipinski definition) is 0. The van der Waals surface area contributed by atoms with E-state index < -0.39 is 7.92 Å². The molecular formula is C20H17OP. The summed E-state index contributed by atoms with van der Waals surface area (Å²) < 4.78 is 5.77. The van der Waals surface area contributed by atoms with E-state index in [0.29, 0.717) is 0 Å². The number of ether oxygens (including phenoxy) is 1. The maximum absolute atomic E-state index is 5.77. The molecule has 0 bridgehead atoms. The van der Waals surface area contributed by atoms with Gasteiger partial charge in [0.2, 0.25) is 0 Å². The van der Waals surface area contributed by atoms with Crippen molar-refractivity contribution in [1.29, 1.82) is 0 Å². The molecule has 0 aromatic heterocycles. The number of fused-ring (bicyclic) bond motifs is 1. The van der Waals surface area contributed by atoms with E-state index in [-0.39, 0.29) is 0 Å². The summed E-state index contributed by atoms with van der Waals surface area (Å²) in [4.78, 5) is 0. The maximum atomic E-state index is 5.77. The Morgan fingerprint density at radius 1 is 0.682 bits per heavy atom. The van der Waals surface area contributed by atoms with Gasteiger partial charge in [0.05, 0.1) is 6.61 Å². The van der Waals surface area contributed by atoms with E-state index in [9.17, 15) is 0 Å². The van der Waals surface area contributed by atoms with Gasteiger partial charge in [-0.05, 0) is 35.5 Å². The van der Waals surface area contributed by atoms with Crippen molar-refractivity contribution in [3.8, 4) is 5.75 Å². The molecule has 3 aromatic carbocycles. The molecule has 0 atom stereocenters. The van der Waals surface area contributed by atoms with Gasteiger partial charge in [-0.25, -0.2) is 0 Å². The normalized spacial score (nSPS) is 13.0. The quantitative estimate of drug-likeness (QED) is 0.674. The Morgan fingerprint density at radius 3 is 1.95 bits per heavy atom. The Bertz CT molecular complexity index is 729. The predicted molar refractivity (Wildman–Crippen MR) is 94.3 cm³/mol. The number of hydrogen-bond acceptors (Lipinski definition) is 1. The standard InChI is InChI=1S/C20H17OP/c1-3-7-17(8-4-1)22(18-9-5-2-6-10-18)19-12-11-16-13-14-21-20(16)15-19/h1-12,15H,13-14H2. The molecule has 0 fully saturated rings. The molecule has 0 saturated heterocycles. The lowest BCUT2D eigenvalue weighted by Crippen LogP contribution is -2.20. The minimum atomic E-state index is -0.533. The van der Waals surface area contributed by atoms with Crippen molar-refractivity contribution < 1.29 is 4.74 Å². The predicted octanol–water partition coefficient (Wildman–Crippen LogP) is 3.38. The van der Waals surface area contributed by atoms with E-state index in [4.69, 9.17) is 4.74 Å². The van der Waals surface area contributed by atoms with Crippen molar-refractivity contribution in [2.45, 2.75) is 6.42 Å². The van der Waals surface area contributed by atoms with Gasteiger partial charge in [-0.3, -0.25) is 0 Å². The first-order valence-electron chi connectivity index (χ1n) is 7.58. The van der Waals surface area contributed by atoms with Crippen LogP contribution in [0.4, 0.5) is 0 Å². The Balaban J connectivity index is 1.84. The summed E-state index contributed by atoms with van der Waals surface area (Å²) in [5.74, 6) is 1.07. The van der Waals surface area contributed by atoms with Crippen LogP contribution in [0.25, 0.3) is 0 Å². The van der Waals surface area contributed by atoms with Crippen LogP contribution in [-0.2, 0) is 6.42 Å². The van der Waals surface area contributed by atoms with E-state index in [1.807, 2.05) is 0 Å². The van der Waals surface area contributed by atoms with Crippen molar-refractivity contribution in [2.24, 2.45) is 0 Å². The molecule has 1 nitrogen and oxygen atoms in total. The molecule has 0 spiro atoms. The smallest absolute Gasteiger partial charge is 0.123 e. The third kappa shape index (κ3) is 2.53. The van der Waals surface area contributed by atoms with E-state index in [2.05, 4.69) is 78.9 Å². The molecule has 0 unspecified atom stereocenters. The number of benzene rings is 3. The summed E-state index contributed by atoms with van der Waals surface area (Å²) in [5.41, 5.74) is 1.33. The minimum Gasteiger partial charge on any atom is -0.493 e. The molecule has 108 valence electrons. The van der Waals surface area contributed by atoms with E-state index >= 15 is 0 Å².